The van der Waals surface area contributed by atoms with Crippen molar-refractivity contribution in [2.24, 2.45) is 0 Å². The molecule has 1 atom stereocenters. The molecule has 0 radical (unpaired) electrons. The minimum absolute atomic E-state index is 0.284. The topological polar surface area (TPSA) is 51.2 Å². The maximum atomic E-state index is 12.0. The van der Waals surface area contributed by atoms with Gasteiger partial charge in [-0.05, 0) is 37.4 Å². The molecule has 0 aliphatic rings. The molecule has 1 heterocycles. The number of hydrogen-bond donors (Lipinski definition) is 1. The predicted octanol–water partition coefficient (Wildman–Crippen LogP) is 4.32. The Morgan fingerprint density at radius 1 is 1.40 bits per heavy atom. The first-order chi connectivity index (χ1) is 9.61. The van der Waals surface area contributed by atoms with Crippen LogP contribution in [-0.2, 0) is 11.2 Å². The van der Waals surface area contributed by atoms with Crippen molar-refractivity contribution in [1.29, 1.82) is 0 Å². The number of benzene rings is 1. The summed E-state index contributed by atoms with van der Waals surface area (Å²) in [6, 6.07) is 9.66. The Morgan fingerprint density at radius 2 is 2.10 bits per heavy atom. The minimum Gasteiger partial charge on any atom is -0.441 e. The zero-order valence-electron chi connectivity index (χ0n) is 11.8. The van der Waals surface area contributed by atoms with Crippen molar-refractivity contribution in [2.45, 2.75) is 33.3 Å². The van der Waals surface area contributed by atoms with Gasteiger partial charge < -0.3 is 4.74 Å². The van der Waals surface area contributed by atoms with Gasteiger partial charge in [0.05, 0.1) is 11.4 Å². The first kappa shape index (κ1) is 14.5. The number of amides is 1. The summed E-state index contributed by atoms with van der Waals surface area (Å²) in [5.74, 6) is 0. The summed E-state index contributed by atoms with van der Waals surface area (Å²) in [7, 11) is 0. The number of nitrogens with zero attached hydrogens (tertiary/aromatic N) is 1. The summed E-state index contributed by atoms with van der Waals surface area (Å²) in [6.07, 6.45) is 0.113. The van der Waals surface area contributed by atoms with Crippen LogP contribution in [0.25, 0.3) is 0 Å². The molecule has 1 aromatic heterocycles. The van der Waals surface area contributed by atoms with Crippen molar-refractivity contribution >= 4 is 23.3 Å². The molecule has 0 bridgehead atoms. The van der Waals surface area contributed by atoms with Gasteiger partial charge in [0.2, 0.25) is 0 Å². The molecular weight excluding hydrogens is 272 g/mol. The fraction of sp³-hybridized carbons (Fsp3) is 0.333. The van der Waals surface area contributed by atoms with Gasteiger partial charge in [0.1, 0.15) is 6.10 Å². The number of rotatable bonds is 4. The highest BCUT2D eigenvalue weighted by atomic mass is 32.1. The van der Waals surface area contributed by atoms with Crippen molar-refractivity contribution in [2.75, 3.05) is 5.32 Å². The van der Waals surface area contributed by atoms with E-state index in [2.05, 4.69) is 9.69 Å². The summed E-state index contributed by atoms with van der Waals surface area (Å²) >= 11 is 1.41. The third-order valence-electron chi connectivity index (χ3n) is 3.03. The lowest BCUT2D eigenvalue weighted by Crippen LogP contribution is -2.17. The van der Waals surface area contributed by atoms with Crippen molar-refractivity contribution in [3.05, 3.63) is 46.5 Å². The second kappa shape index (κ2) is 6.52. The standard InChI is InChI=1S/C15H18N2O2S/c1-4-13-14(10(2)17-20-13)16-15(18)19-11(3)12-8-6-5-7-9-12/h5-9,11H,4H2,1-3H3,(H,16,18). The molecular formula is C15H18N2O2S. The Bertz CT molecular complexity index is 581. The molecule has 5 heteroatoms. The first-order valence-electron chi connectivity index (χ1n) is 6.59. The third kappa shape index (κ3) is 3.36. The van der Waals surface area contributed by atoms with Crippen molar-refractivity contribution < 1.29 is 9.53 Å². The van der Waals surface area contributed by atoms with Crippen LogP contribution in [0.2, 0.25) is 0 Å². The van der Waals surface area contributed by atoms with E-state index < -0.39 is 6.09 Å². The van der Waals surface area contributed by atoms with Crippen LogP contribution in [0.4, 0.5) is 10.5 Å². The van der Waals surface area contributed by atoms with E-state index >= 15 is 0 Å². The van der Waals surface area contributed by atoms with Gasteiger partial charge in [-0.1, -0.05) is 37.3 Å². The highest BCUT2D eigenvalue weighted by molar-refractivity contribution is 7.06. The lowest BCUT2D eigenvalue weighted by Gasteiger charge is -2.14. The van der Waals surface area contributed by atoms with E-state index in [-0.39, 0.29) is 6.10 Å². The smallest absolute Gasteiger partial charge is 0.412 e. The van der Waals surface area contributed by atoms with Gasteiger partial charge >= 0.3 is 6.09 Å². The van der Waals surface area contributed by atoms with Crippen LogP contribution >= 0.6 is 11.5 Å². The van der Waals surface area contributed by atoms with Crippen molar-refractivity contribution in [3.8, 4) is 0 Å². The number of aryl methyl sites for hydroxylation is 2. The van der Waals surface area contributed by atoms with Crippen LogP contribution in [0.5, 0.6) is 0 Å². The monoisotopic (exact) mass is 290 g/mol. The first-order valence-corrected chi connectivity index (χ1v) is 7.37. The van der Waals surface area contributed by atoms with Crippen LogP contribution in [0.3, 0.4) is 0 Å². The van der Waals surface area contributed by atoms with Crippen LogP contribution in [0.15, 0.2) is 30.3 Å². The maximum absolute atomic E-state index is 12.0. The molecule has 0 aliphatic carbocycles. The molecule has 0 saturated heterocycles. The molecule has 0 spiro atoms. The SMILES string of the molecule is CCc1snc(C)c1NC(=O)OC(C)c1ccccc1. The number of carbonyl (C=O) groups excluding carboxylic acids is 1. The number of hydrogen-bond acceptors (Lipinski definition) is 4. The van der Waals surface area contributed by atoms with Crippen LogP contribution in [-0.4, -0.2) is 10.5 Å². The molecule has 1 amide bonds. The average Bonchev–Trinajstić information content (AvgIpc) is 2.80. The molecule has 1 aromatic carbocycles. The molecule has 2 aromatic rings. The van der Waals surface area contributed by atoms with Crippen molar-refractivity contribution in [3.63, 3.8) is 0 Å². The van der Waals surface area contributed by atoms with E-state index in [9.17, 15) is 4.79 Å². The number of nitrogens with one attached hydrogen (secondary N) is 1. The van der Waals surface area contributed by atoms with Crippen molar-refractivity contribution in [1.82, 2.24) is 4.37 Å². The highest BCUT2D eigenvalue weighted by Gasteiger charge is 2.16. The molecule has 0 fully saturated rings. The van der Waals surface area contributed by atoms with E-state index in [0.717, 1.165) is 28.2 Å². The second-order valence-electron chi connectivity index (χ2n) is 4.50. The van der Waals surface area contributed by atoms with E-state index in [1.165, 1.54) is 11.5 Å². The second-order valence-corrected chi connectivity index (χ2v) is 5.36. The third-order valence-corrected chi connectivity index (χ3v) is 4.11. The van der Waals surface area contributed by atoms with Crippen LogP contribution in [0.1, 0.15) is 36.1 Å². The molecule has 4 nitrogen and oxygen atoms in total. The highest BCUT2D eigenvalue weighted by Crippen LogP contribution is 2.25. The summed E-state index contributed by atoms with van der Waals surface area (Å²) in [5.41, 5.74) is 2.58. The normalized spacial score (nSPS) is 11.9. The predicted molar refractivity (Wildman–Crippen MR) is 81.2 cm³/mol. The van der Waals surface area contributed by atoms with Gasteiger partial charge in [-0.15, -0.1) is 0 Å². The Morgan fingerprint density at radius 3 is 2.75 bits per heavy atom. The Balaban J connectivity index is 2.01. The molecule has 2 rings (SSSR count). The van der Waals surface area contributed by atoms with E-state index in [4.69, 9.17) is 4.74 Å². The molecule has 106 valence electrons. The zero-order valence-corrected chi connectivity index (χ0v) is 12.7. The summed E-state index contributed by atoms with van der Waals surface area (Å²) < 4.78 is 9.64. The number of ether oxygens (including phenoxy) is 1. The summed E-state index contributed by atoms with van der Waals surface area (Å²) in [6.45, 7) is 5.77. The van der Waals surface area contributed by atoms with Gasteiger partial charge in [-0.25, -0.2) is 4.79 Å². The summed E-state index contributed by atoms with van der Waals surface area (Å²) in [4.78, 5) is 13.0. The van der Waals surface area contributed by atoms with Crippen LogP contribution < -0.4 is 5.32 Å². The van der Waals surface area contributed by atoms with E-state index in [0.29, 0.717) is 0 Å². The Hall–Kier alpha value is -1.88. The summed E-state index contributed by atoms with van der Waals surface area (Å²) in [5, 5.41) is 2.80. The fourth-order valence-electron chi connectivity index (χ4n) is 1.90. The lowest BCUT2D eigenvalue weighted by molar-refractivity contribution is 0.121. The molecule has 1 N–H and O–H groups in total. The van der Waals surface area contributed by atoms with Gasteiger partial charge in [0.25, 0.3) is 0 Å². The molecule has 1 unspecified atom stereocenters. The molecule has 0 aliphatic heterocycles. The van der Waals surface area contributed by atoms with Gasteiger partial charge in [-0.3, -0.25) is 5.32 Å². The Labute approximate surface area is 123 Å². The average molecular weight is 290 g/mol. The number of aromatic nitrogens is 1. The number of carbonyl (C=O) groups is 1. The minimum atomic E-state index is -0.445. The number of anilines is 1. The van der Waals surface area contributed by atoms with Gasteiger partial charge in [-0.2, -0.15) is 4.37 Å². The fourth-order valence-corrected chi connectivity index (χ4v) is 2.66. The molecule has 0 saturated carbocycles. The zero-order chi connectivity index (χ0) is 14.5. The lowest BCUT2D eigenvalue weighted by atomic mass is 10.1. The van der Waals surface area contributed by atoms with E-state index in [1.807, 2.05) is 51.1 Å². The largest absolute Gasteiger partial charge is 0.441 e. The quantitative estimate of drug-likeness (QED) is 0.912. The van der Waals surface area contributed by atoms with Crippen LogP contribution in [0, 0.1) is 6.92 Å². The van der Waals surface area contributed by atoms with Gasteiger partial charge in [0, 0.05) is 4.88 Å². The maximum Gasteiger partial charge on any atom is 0.412 e. The van der Waals surface area contributed by atoms with E-state index in [1.54, 1.807) is 0 Å². The molecule has 20 heavy (non-hydrogen) atoms. The Kier molecular flexibility index (Phi) is 4.74. The van der Waals surface area contributed by atoms with Gasteiger partial charge in [0.15, 0.2) is 0 Å².